The number of pyridine rings is 1. The second-order valence-electron chi connectivity index (χ2n) is 2.16. The number of halogens is 1. The Kier molecular flexibility index (Phi) is 2.99. The van der Waals surface area contributed by atoms with Gasteiger partial charge in [-0.25, -0.2) is 4.98 Å². The molecule has 3 N–H and O–H groups in total. The molecule has 0 aromatic carbocycles. The molecule has 0 saturated carbocycles. The van der Waals surface area contributed by atoms with E-state index in [1.54, 1.807) is 19.3 Å². The van der Waals surface area contributed by atoms with E-state index in [4.69, 9.17) is 18.0 Å². The Balaban J connectivity index is 3.17. The highest BCUT2D eigenvalue weighted by Crippen LogP contribution is 2.17. The SMILES string of the molecule is CNc1cc(C(N)=S)c(Br)cn1. The van der Waals surface area contributed by atoms with Crippen molar-refractivity contribution in [3.8, 4) is 0 Å². The van der Waals surface area contributed by atoms with Crippen molar-refractivity contribution in [1.82, 2.24) is 4.98 Å². The maximum atomic E-state index is 5.48. The largest absolute Gasteiger partial charge is 0.389 e. The molecule has 12 heavy (non-hydrogen) atoms. The van der Waals surface area contributed by atoms with Gasteiger partial charge >= 0.3 is 0 Å². The maximum absolute atomic E-state index is 5.48. The molecule has 0 aliphatic rings. The second kappa shape index (κ2) is 3.82. The van der Waals surface area contributed by atoms with Gasteiger partial charge in [0.2, 0.25) is 0 Å². The minimum absolute atomic E-state index is 0.362. The lowest BCUT2D eigenvalue weighted by Gasteiger charge is -2.04. The summed E-state index contributed by atoms with van der Waals surface area (Å²) in [5.74, 6) is 0.751. The third-order valence-corrected chi connectivity index (χ3v) is 2.23. The van der Waals surface area contributed by atoms with E-state index >= 15 is 0 Å². The number of nitrogens with one attached hydrogen (secondary N) is 1. The Hall–Kier alpha value is -0.680. The molecule has 64 valence electrons. The molecule has 0 unspecified atom stereocenters. The van der Waals surface area contributed by atoms with Gasteiger partial charge in [0.25, 0.3) is 0 Å². The predicted octanol–water partition coefficient (Wildman–Crippen LogP) is 1.52. The normalized spacial score (nSPS) is 9.50. The molecule has 1 heterocycles. The summed E-state index contributed by atoms with van der Waals surface area (Å²) >= 11 is 8.15. The average Bonchev–Trinajstić information content (AvgIpc) is 2.05. The van der Waals surface area contributed by atoms with Crippen molar-refractivity contribution < 1.29 is 0 Å². The van der Waals surface area contributed by atoms with E-state index < -0.39 is 0 Å². The van der Waals surface area contributed by atoms with Gasteiger partial charge in [-0.2, -0.15) is 0 Å². The van der Waals surface area contributed by atoms with Gasteiger partial charge < -0.3 is 11.1 Å². The van der Waals surface area contributed by atoms with Crippen LogP contribution >= 0.6 is 28.1 Å². The van der Waals surface area contributed by atoms with E-state index in [-0.39, 0.29) is 0 Å². The van der Waals surface area contributed by atoms with E-state index in [9.17, 15) is 0 Å². The summed E-state index contributed by atoms with van der Waals surface area (Å²) in [5, 5.41) is 2.90. The lowest BCUT2D eigenvalue weighted by molar-refractivity contribution is 1.26. The highest BCUT2D eigenvalue weighted by Gasteiger charge is 2.03. The highest BCUT2D eigenvalue weighted by molar-refractivity contribution is 9.10. The molecule has 3 nitrogen and oxygen atoms in total. The molecular formula is C7H8BrN3S. The first-order valence-corrected chi connectivity index (χ1v) is 4.48. The summed E-state index contributed by atoms with van der Waals surface area (Å²) in [6.45, 7) is 0. The molecule has 1 aromatic rings. The van der Waals surface area contributed by atoms with Gasteiger partial charge in [-0.1, -0.05) is 12.2 Å². The van der Waals surface area contributed by atoms with Crippen molar-refractivity contribution in [3.63, 3.8) is 0 Å². The predicted molar refractivity (Wildman–Crippen MR) is 57.4 cm³/mol. The summed E-state index contributed by atoms with van der Waals surface area (Å²) in [4.78, 5) is 4.43. The van der Waals surface area contributed by atoms with Crippen molar-refractivity contribution in [3.05, 3.63) is 22.3 Å². The maximum Gasteiger partial charge on any atom is 0.126 e. The molecule has 0 aliphatic heterocycles. The van der Waals surface area contributed by atoms with E-state index in [2.05, 4.69) is 26.2 Å². The standard InChI is InChI=1S/C7H8BrN3S/c1-10-6-2-4(7(9)12)5(8)3-11-6/h2-3H,1H3,(H2,9,12)(H,10,11). The summed E-state index contributed by atoms with van der Waals surface area (Å²) in [5.41, 5.74) is 6.28. The number of hydrogen-bond donors (Lipinski definition) is 2. The van der Waals surface area contributed by atoms with E-state index in [1.807, 2.05) is 0 Å². The summed E-state index contributed by atoms with van der Waals surface area (Å²) < 4.78 is 0.814. The van der Waals surface area contributed by atoms with Crippen LogP contribution in [0.15, 0.2) is 16.7 Å². The molecule has 0 radical (unpaired) electrons. The molecule has 0 bridgehead atoms. The molecule has 0 saturated heterocycles. The van der Waals surface area contributed by atoms with Crippen LogP contribution in [0.4, 0.5) is 5.82 Å². The molecule has 1 rings (SSSR count). The molecular weight excluding hydrogens is 238 g/mol. The Morgan fingerprint density at radius 2 is 2.42 bits per heavy atom. The first-order valence-electron chi connectivity index (χ1n) is 3.28. The minimum Gasteiger partial charge on any atom is -0.389 e. The summed E-state index contributed by atoms with van der Waals surface area (Å²) in [6, 6.07) is 1.80. The molecule has 0 fully saturated rings. The lowest BCUT2D eigenvalue weighted by Crippen LogP contribution is -2.11. The van der Waals surface area contributed by atoms with Gasteiger partial charge in [0.05, 0.1) is 0 Å². The Morgan fingerprint density at radius 3 is 2.92 bits per heavy atom. The number of hydrogen-bond acceptors (Lipinski definition) is 3. The van der Waals surface area contributed by atoms with Crippen molar-refractivity contribution in [2.75, 3.05) is 12.4 Å². The zero-order valence-electron chi connectivity index (χ0n) is 6.47. The Bertz CT molecular complexity index is 314. The van der Waals surface area contributed by atoms with Crippen LogP contribution in [0, 0.1) is 0 Å². The quantitative estimate of drug-likeness (QED) is 0.777. The third-order valence-electron chi connectivity index (χ3n) is 1.38. The number of aromatic nitrogens is 1. The first kappa shape index (κ1) is 9.41. The van der Waals surface area contributed by atoms with Crippen LogP contribution in [0.25, 0.3) is 0 Å². The zero-order valence-corrected chi connectivity index (χ0v) is 8.87. The second-order valence-corrected chi connectivity index (χ2v) is 3.46. The van der Waals surface area contributed by atoms with E-state index in [0.29, 0.717) is 4.99 Å². The number of nitrogens with zero attached hydrogens (tertiary/aromatic N) is 1. The van der Waals surface area contributed by atoms with Crippen molar-refractivity contribution >= 4 is 39.0 Å². The monoisotopic (exact) mass is 245 g/mol. The van der Waals surface area contributed by atoms with E-state index in [1.165, 1.54) is 0 Å². The first-order chi connectivity index (χ1) is 5.65. The van der Waals surface area contributed by atoms with Crippen LogP contribution in [0.2, 0.25) is 0 Å². The van der Waals surface area contributed by atoms with Gasteiger partial charge in [-0.15, -0.1) is 0 Å². The zero-order chi connectivity index (χ0) is 9.14. The third kappa shape index (κ3) is 1.92. The van der Waals surface area contributed by atoms with Crippen molar-refractivity contribution in [2.24, 2.45) is 5.73 Å². The molecule has 0 atom stereocenters. The topological polar surface area (TPSA) is 50.9 Å². The van der Waals surface area contributed by atoms with Crippen LogP contribution in [-0.4, -0.2) is 17.0 Å². The molecule has 5 heteroatoms. The van der Waals surface area contributed by atoms with Gasteiger partial charge in [0.15, 0.2) is 0 Å². The van der Waals surface area contributed by atoms with Gasteiger partial charge in [0, 0.05) is 23.3 Å². The van der Waals surface area contributed by atoms with Crippen LogP contribution in [0.3, 0.4) is 0 Å². The lowest BCUT2D eigenvalue weighted by atomic mass is 10.2. The fourth-order valence-corrected chi connectivity index (χ4v) is 1.49. The number of nitrogens with two attached hydrogens (primary N) is 1. The number of thiocarbonyl (C=S) groups is 1. The van der Waals surface area contributed by atoms with Gasteiger partial charge in [-0.05, 0) is 22.0 Å². The van der Waals surface area contributed by atoms with Crippen LogP contribution in [-0.2, 0) is 0 Å². The fourth-order valence-electron chi connectivity index (χ4n) is 0.764. The van der Waals surface area contributed by atoms with Crippen LogP contribution in [0.1, 0.15) is 5.56 Å². The van der Waals surface area contributed by atoms with Crippen molar-refractivity contribution in [2.45, 2.75) is 0 Å². The summed E-state index contributed by atoms with van der Waals surface area (Å²) in [7, 11) is 1.79. The molecule has 0 aliphatic carbocycles. The summed E-state index contributed by atoms with van der Waals surface area (Å²) in [6.07, 6.45) is 1.67. The highest BCUT2D eigenvalue weighted by atomic mass is 79.9. The van der Waals surface area contributed by atoms with Crippen LogP contribution < -0.4 is 11.1 Å². The Labute approximate surface area is 84.5 Å². The minimum atomic E-state index is 0.362. The Morgan fingerprint density at radius 1 is 1.75 bits per heavy atom. The number of rotatable bonds is 2. The fraction of sp³-hybridized carbons (Fsp3) is 0.143. The van der Waals surface area contributed by atoms with Crippen LogP contribution in [0.5, 0.6) is 0 Å². The molecule has 0 amide bonds. The molecule has 1 aromatic heterocycles. The van der Waals surface area contributed by atoms with Crippen molar-refractivity contribution in [1.29, 1.82) is 0 Å². The smallest absolute Gasteiger partial charge is 0.126 e. The number of anilines is 1. The van der Waals surface area contributed by atoms with Gasteiger partial charge in [0.1, 0.15) is 10.8 Å². The van der Waals surface area contributed by atoms with Gasteiger partial charge in [-0.3, -0.25) is 0 Å². The average molecular weight is 246 g/mol. The van der Waals surface area contributed by atoms with E-state index in [0.717, 1.165) is 15.9 Å². The molecule has 0 spiro atoms.